The number of halogens is 2. The van der Waals surface area contributed by atoms with Crippen LogP contribution in [0.2, 0.25) is 0 Å². The van der Waals surface area contributed by atoms with Crippen molar-refractivity contribution in [3.63, 3.8) is 0 Å². The van der Waals surface area contributed by atoms with Crippen molar-refractivity contribution in [2.24, 2.45) is 0 Å². The second kappa shape index (κ2) is 9.14. The summed E-state index contributed by atoms with van der Waals surface area (Å²) >= 11 is 0. The van der Waals surface area contributed by atoms with E-state index in [0.717, 1.165) is 53.6 Å². The fourth-order valence-electron chi connectivity index (χ4n) is 2.81. The molecule has 2 aromatic carbocycles. The molecule has 0 aliphatic rings. The molecule has 1 unspecified atom stereocenters. The normalized spacial score (nSPS) is 12.5. The second-order valence-electron chi connectivity index (χ2n) is 6.62. The molecule has 0 fully saturated rings. The number of hydrogen-bond donors (Lipinski definition) is 1. The van der Waals surface area contributed by atoms with E-state index in [1.165, 1.54) is 6.92 Å². The first kappa shape index (κ1) is 21.8. The van der Waals surface area contributed by atoms with E-state index in [4.69, 9.17) is 0 Å². The van der Waals surface area contributed by atoms with E-state index in [1.807, 2.05) is 12.1 Å². The van der Waals surface area contributed by atoms with Gasteiger partial charge in [-0.2, -0.15) is 0 Å². The average Bonchev–Trinajstić information content (AvgIpc) is 2.63. The first-order valence-electron chi connectivity index (χ1n) is 8.97. The molecule has 5 nitrogen and oxygen atoms in total. The van der Waals surface area contributed by atoms with Gasteiger partial charge in [0.25, 0.3) is 0 Å². The lowest BCUT2D eigenvalue weighted by atomic mass is 10.1. The largest absolute Gasteiger partial charge is 0.324 e. The minimum atomic E-state index is -3.92. The molecule has 28 heavy (non-hydrogen) atoms. The van der Waals surface area contributed by atoms with Crippen LogP contribution in [0.25, 0.3) is 0 Å². The maximum absolute atomic E-state index is 13.6. The Bertz CT molecular complexity index is 931. The molecule has 8 heteroatoms. The number of anilines is 2. The molecular weight excluding hydrogens is 386 g/mol. The van der Waals surface area contributed by atoms with Crippen LogP contribution in [0.3, 0.4) is 0 Å². The van der Waals surface area contributed by atoms with Crippen LogP contribution in [0.15, 0.2) is 42.5 Å². The summed E-state index contributed by atoms with van der Waals surface area (Å²) in [5.41, 5.74) is 1.54. The highest BCUT2D eigenvalue weighted by Crippen LogP contribution is 2.24. The van der Waals surface area contributed by atoms with Gasteiger partial charge in [-0.3, -0.25) is 9.10 Å². The van der Waals surface area contributed by atoms with E-state index in [1.54, 1.807) is 12.1 Å². The van der Waals surface area contributed by atoms with Gasteiger partial charge in [0.1, 0.15) is 6.04 Å². The fourth-order valence-corrected chi connectivity index (χ4v) is 3.98. The van der Waals surface area contributed by atoms with Crippen molar-refractivity contribution in [3.05, 3.63) is 59.7 Å². The maximum Gasteiger partial charge on any atom is 0.247 e. The number of aryl methyl sites for hydroxylation is 1. The Labute approximate surface area is 164 Å². The molecule has 0 aromatic heterocycles. The Balaban J connectivity index is 2.20. The molecule has 0 spiro atoms. The predicted molar refractivity (Wildman–Crippen MR) is 107 cm³/mol. The highest BCUT2D eigenvalue weighted by Gasteiger charge is 2.29. The Morgan fingerprint density at radius 3 is 2.29 bits per heavy atom. The van der Waals surface area contributed by atoms with Crippen LogP contribution in [-0.4, -0.2) is 26.6 Å². The van der Waals surface area contributed by atoms with Crippen molar-refractivity contribution < 1.29 is 22.0 Å². The minimum absolute atomic E-state index is 0.126. The summed E-state index contributed by atoms with van der Waals surface area (Å²) in [6.07, 6.45) is 4.00. The van der Waals surface area contributed by atoms with Crippen molar-refractivity contribution in [3.8, 4) is 0 Å². The Kier molecular flexibility index (Phi) is 7.12. The topological polar surface area (TPSA) is 66.5 Å². The Morgan fingerprint density at radius 2 is 1.75 bits per heavy atom. The van der Waals surface area contributed by atoms with Crippen LogP contribution in [0.5, 0.6) is 0 Å². The number of unbranched alkanes of at least 4 members (excludes halogenated alkanes) is 1. The molecule has 0 heterocycles. The lowest BCUT2D eigenvalue weighted by molar-refractivity contribution is -0.116. The summed E-state index contributed by atoms with van der Waals surface area (Å²) in [5.74, 6) is -2.88. The van der Waals surface area contributed by atoms with E-state index in [2.05, 4.69) is 12.2 Å². The van der Waals surface area contributed by atoms with Gasteiger partial charge in [0, 0.05) is 11.8 Å². The van der Waals surface area contributed by atoms with E-state index in [9.17, 15) is 22.0 Å². The summed E-state index contributed by atoms with van der Waals surface area (Å²) < 4.78 is 51.9. The van der Waals surface area contributed by atoms with Crippen molar-refractivity contribution in [1.82, 2.24) is 0 Å². The van der Waals surface area contributed by atoms with Gasteiger partial charge in [0.15, 0.2) is 11.6 Å². The molecule has 2 rings (SSSR count). The first-order chi connectivity index (χ1) is 13.1. The molecule has 152 valence electrons. The quantitative estimate of drug-likeness (QED) is 0.713. The van der Waals surface area contributed by atoms with Gasteiger partial charge >= 0.3 is 0 Å². The summed E-state index contributed by atoms with van der Waals surface area (Å²) in [6.45, 7) is 3.49. The van der Waals surface area contributed by atoms with Gasteiger partial charge < -0.3 is 5.32 Å². The van der Waals surface area contributed by atoms with Crippen LogP contribution < -0.4 is 9.62 Å². The van der Waals surface area contributed by atoms with Crippen molar-refractivity contribution >= 4 is 27.3 Å². The number of amides is 1. The average molecular weight is 410 g/mol. The zero-order valence-electron chi connectivity index (χ0n) is 16.1. The molecule has 1 amide bonds. The molecule has 0 saturated heterocycles. The SMILES string of the molecule is CCCCc1ccc(NC(=O)C(C)N(c2ccc(F)c(F)c2)S(C)(=O)=O)cc1. The van der Waals surface area contributed by atoms with Crippen molar-refractivity contribution in [2.75, 3.05) is 15.9 Å². The zero-order chi connectivity index (χ0) is 20.9. The van der Waals surface area contributed by atoms with E-state index >= 15 is 0 Å². The zero-order valence-corrected chi connectivity index (χ0v) is 16.9. The molecule has 0 bridgehead atoms. The van der Waals surface area contributed by atoms with Gasteiger partial charge in [-0.05, 0) is 49.6 Å². The predicted octanol–water partition coefficient (Wildman–Crippen LogP) is 4.10. The molecule has 2 aromatic rings. The number of hydrogen-bond acceptors (Lipinski definition) is 3. The first-order valence-corrected chi connectivity index (χ1v) is 10.8. The third-order valence-electron chi connectivity index (χ3n) is 4.29. The third-order valence-corrected chi connectivity index (χ3v) is 5.53. The molecule has 0 aliphatic heterocycles. The van der Waals surface area contributed by atoms with Crippen LogP contribution >= 0.6 is 0 Å². The number of nitrogens with one attached hydrogen (secondary N) is 1. The van der Waals surface area contributed by atoms with E-state index in [0.29, 0.717) is 5.69 Å². The smallest absolute Gasteiger partial charge is 0.247 e. The highest BCUT2D eigenvalue weighted by molar-refractivity contribution is 7.92. The van der Waals surface area contributed by atoms with Crippen molar-refractivity contribution in [1.29, 1.82) is 0 Å². The van der Waals surface area contributed by atoms with Crippen molar-refractivity contribution in [2.45, 2.75) is 39.2 Å². The van der Waals surface area contributed by atoms with Gasteiger partial charge in [0.05, 0.1) is 11.9 Å². The number of nitrogens with zero attached hydrogens (tertiary/aromatic N) is 1. The molecule has 0 aliphatic carbocycles. The summed E-state index contributed by atoms with van der Waals surface area (Å²) in [4.78, 5) is 12.6. The Hall–Kier alpha value is -2.48. The minimum Gasteiger partial charge on any atom is -0.324 e. The van der Waals surface area contributed by atoms with Gasteiger partial charge in [-0.25, -0.2) is 17.2 Å². The van der Waals surface area contributed by atoms with Gasteiger partial charge in [-0.15, -0.1) is 0 Å². The van der Waals surface area contributed by atoms with Crippen LogP contribution in [0.4, 0.5) is 20.2 Å². The van der Waals surface area contributed by atoms with Gasteiger partial charge in [0.2, 0.25) is 15.9 Å². The maximum atomic E-state index is 13.6. The fraction of sp³-hybridized carbons (Fsp3) is 0.350. The molecule has 1 N–H and O–H groups in total. The van der Waals surface area contributed by atoms with Crippen LogP contribution in [-0.2, 0) is 21.2 Å². The number of sulfonamides is 1. The van der Waals surface area contributed by atoms with Crippen LogP contribution in [0.1, 0.15) is 32.3 Å². The molecular formula is C20H24F2N2O3S. The Morgan fingerprint density at radius 1 is 1.11 bits per heavy atom. The summed E-state index contributed by atoms with van der Waals surface area (Å²) in [7, 11) is -3.92. The highest BCUT2D eigenvalue weighted by atomic mass is 32.2. The number of carbonyl (C=O) groups is 1. The molecule has 0 saturated carbocycles. The standard InChI is InChI=1S/C20H24F2N2O3S/c1-4-5-6-15-7-9-16(10-8-15)23-20(25)14(2)24(28(3,26)27)17-11-12-18(21)19(22)13-17/h7-14H,4-6H2,1-3H3,(H,23,25). The number of carbonyl (C=O) groups excluding carboxylic acids is 1. The summed E-state index contributed by atoms with van der Waals surface area (Å²) in [5, 5.41) is 2.66. The van der Waals surface area contributed by atoms with E-state index in [-0.39, 0.29) is 5.69 Å². The lowest BCUT2D eigenvalue weighted by Gasteiger charge is -2.28. The molecule has 0 radical (unpaired) electrons. The van der Waals surface area contributed by atoms with Crippen LogP contribution in [0, 0.1) is 11.6 Å². The second-order valence-corrected chi connectivity index (χ2v) is 8.48. The summed E-state index contributed by atoms with van der Waals surface area (Å²) in [6, 6.07) is 8.83. The monoisotopic (exact) mass is 410 g/mol. The van der Waals surface area contributed by atoms with E-state index < -0.39 is 33.6 Å². The third kappa shape index (κ3) is 5.51. The number of benzene rings is 2. The lowest BCUT2D eigenvalue weighted by Crippen LogP contribution is -2.45. The van der Waals surface area contributed by atoms with Gasteiger partial charge in [-0.1, -0.05) is 25.5 Å². The number of rotatable bonds is 8. The molecule has 1 atom stereocenters.